The summed E-state index contributed by atoms with van der Waals surface area (Å²) >= 11 is 2.53. The van der Waals surface area contributed by atoms with E-state index in [4.69, 9.17) is 9.97 Å². The molecule has 8 nitrogen and oxygen atoms in total. The van der Waals surface area contributed by atoms with E-state index in [0.29, 0.717) is 76.4 Å². The summed E-state index contributed by atoms with van der Waals surface area (Å²) in [4.78, 5) is 18.8. The molecule has 274 valence electrons. The van der Waals surface area contributed by atoms with Crippen molar-refractivity contribution in [2.24, 2.45) is 0 Å². The Labute approximate surface area is 320 Å². The number of hydrogen-bond donors (Lipinski definition) is 0. The highest BCUT2D eigenvalue weighted by molar-refractivity contribution is 7.18. The van der Waals surface area contributed by atoms with Crippen molar-refractivity contribution in [3.05, 3.63) is 132 Å². The minimum atomic E-state index is -4.47. The molecule has 0 saturated heterocycles. The molecule has 0 atom stereocenters. The second kappa shape index (κ2) is 13.6. The van der Waals surface area contributed by atoms with Crippen molar-refractivity contribution in [3.8, 4) is 65.3 Å². The fourth-order valence-corrected chi connectivity index (χ4v) is 7.62. The lowest BCUT2D eigenvalue weighted by molar-refractivity contribution is -0.138. The van der Waals surface area contributed by atoms with Crippen molar-refractivity contribution in [1.82, 2.24) is 40.3 Å². The Morgan fingerprint density at radius 1 is 0.357 bits per heavy atom. The topological polar surface area (TPSA) is 103 Å². The summed E-state index contributed by atoms with van der Waals surface area (Å²) in [6.45, 7) is 0. The fourth-order valence-electron chi connectivity index (χ4n) is 6.05. The zero-order chi connectivity index (χ0) is 38.6. The number of fused-ring (bicyclic) bond motifs is 3. The van der Waals surface area contributed by atoms with Crippen molar-refractivity contribution >= 4 is 44.5 Å². The van der Waals surface area contributed by atoms with Crippen molar-refractivity contribution in [3.63, 3.8) is 0 Å². The molecule has 9 rings (SSSR count). The van der Waals surface area contributed by atoms with Gasteiger partial charge in [0.1, 0.15) is 22.8 Å². The first-order valence-corrected chi connectivity index (χ1v) is 18.3. The molecular weight excluding hydrogens is 771 g/mol. The molecule has 0 N–H and O–H groups in total. The van der Waals surface area contributed by atoms with Crippen LogP contribution in [0.1, 0.15) is 11.1 Å². The second-order valence-corrected chi connectivity index (χ2v) is 14.3. The number of hydrogen-bond acceptors (Lipinski definition) is 10. The Morgan fingerprint density at radius 3 is 1.11 bits per heavy atom. The van der Waals surface area contributed by atoms with Gasteiger partial charge in [0.2, 0.25) is 0 Å². The van der Waals surface area contributed by atoms with E-state index in [0.717, 1.165) is 35.0 Å². The van der Waals surface area contributed by atoms with Gasteiger partial charge < -0.3 is 0 Å². The zero-order valence-corrected chi connectivity index (χ0v) is 29.8. The first kappa shape index (κ1) is 35.2. The molecular formula is C40H20F6N8S2. The molecule has 0 amide bonds. The van der Waals surface area contributed by atoms with Gasteiger partial charge in [0.25, 0.3) is 0 Å². The van der Waals surface area contributed by atoms with E-state index in [1.54, 1.807) is 48.5 Å². The van der Waals surface area contributed by atoms with Crippen LogP contribution < -0.4 is 0 Å². The largest absolute Gasteiger partial charge is 0.416 e. The van der Waals surface area contributed by atoms with Crippen LogP contribution in [0.3, 0.4) is 0 Å². The normalized spacial score (nSPS) is 12.1. The average Bonchev–Trinajstić information content (AvgIpc) is 3.92. The number of halogens is 6. The van der Waals surface area contributed by atoms with Crippen molar-refractivity contribution < 1.29 is 26.3 Å². The predicted molar refractivity (Wildman–Crippen MR) is 202 cm³/mol. The Balaban J connectivity index is 0.959. The Bertz CT molecular complexity index is 2740. The van der Waals surface area contributed by atoms with Crippen LogP contribution in [-0.4, -0.2) is 40.3 Å². The summed E-state index contributed by atoms with van der Waals surface area (Å²) in [5.41, 5.74) is 3.45. The van der Waals surface area contributed by atoms with E-state index in [-0.39, 0.29) is 0 Å². The molecule has 6 heterocycles. The summed E-state index contributed by atoms with van der Waals surface area (Å²) in [7, 11) is 0. The van der Waals surface area contributed by atoms with Gasteiger partial charge in [0, 0.05) is 21.9 Å². The predicted octanol–water partition coefficient (Wildman–Crippen LogP) is 11.3. The van der Waals surface area contributed by atoms with Gasteiger partial charge in [0.15, 0.2) is 20.0 Å². The highest BCUT2D eigenvalue weighted by atomic mass is 32.1. The van der Waals surface area contributed by atoms with Gasteiger partial charge in [-0.1, -0.05) is 59.1 Å². The number of aromatic nitrogens is 8. The van der Waals surface area contributed by atoms with Crippen molar-refractivity contribution in [1.29, 1.82) is 0 Å². The zero-order valence-electron chi connectivity index (χ0n) is 28.2. The average molecular weight is 791 g/mol. The molecule has 16 heteroatoms. The third-order valence-corrected chi connectivity index (χ3v) is 10.7. The third kappa shape index (κ3) is 6.84. The molecule has 0 radical (unpaired) electrons. The van der Waals surface area contributed by atoms with Crippen LogP contribution in [0, 0.1) is 0 Å². The summed E-state index contributed by atoms with van der Waals surface area (Å²) in [6.07, 6.45) is -8.94. The van der Waals surface area contributed by atoms with Gasteiger partial charge in [-0.05, 0) is 84.9 Å². The van der Waals surface area contributed by atoms with Crippen LogP contribution in [0.25, 0.3) is 87.1 Å². The molecule has 0 spiro atoms. The Hall–Kier alpha value is -6.52. The van der Waals surface area contributed by atoms with E-state index >= 15 is 0 Å². The molecule has 0 aliphatic rings. The number of pyridine rings is 4. The molecule has 56 heavy (non-hydrogen) atoms. The molecule has 0 unspecified atom stereocenters. The van der Waals surface area contributed by atoms with Crippen LogP contribution in [0.4, 0.5) is 26.3 Å². The van der Waals surface area contributed by atoms with Crippen molar-refractivity contribution in [2.75, 3.05) is 0 Å². The number of rotatable bonds is 6. The maximum Gasteiger partial charge on any atom is 0.416 e. The van der Waals surface area contributed by atoms with Gasteiger partial charge in [-0.3, -0.25) is 0 Å². The van der Waals surface area contributed by atoms with E-state index in [2.05, 4.69) is 30.4 Å². The fraction of sp³-hybridized carbons (Fsp3) is 0.0500. The first-order valence-electron chi connectivity index (χ1n) is 16.6. The monoisotopic (exact) mass is 790 g/mol. The van der Waals surface area contributed by atoms with Crippen LogP contribution in [-0.2, 0) is 12.4 Å². The number of benzene rings is 3. The number of nitrogens with zero attached hydrogens (tertiary/aromatic N) is 8. The van der Waals surface area contributed by atoms with Crippen LogP contribution in [0.15, 0.2) is 121 Å². The maximum absolute atomic E-state index is 13.3. The minimum Gasteiger partial charge on any atom is -0.245 e. The smallest absolute Gasteiger partial charge is 0.245 e. The van der Waals surface area contributed by atoms with Crippen LogP contribution >= 0.6 is 22.7 Å². The molecule has 9 aromatic rings. The summed E-state index contributed by atoms with van der Waals surface area (Å²) < 4.78 is 79.8. The van der Waals surface area contributed by atoms with E-state index < -0.39 is 23.5 Å². The third-order valence-electron chi connectivity index (χ3n) is 8.73. The van der Waals surface area contributed by atoms with E-state index in [1.807, 2.05) is 36.4 Å². The first-order chi connectivity index (χ1) is 27.0. The SMILES string of the molecule is FC(F)(F)c1cccc(-c2cccc(-c3nnc(-c4ccc5c(ccc6nc(-c7nnc(-c8cccc(-c9cccc(C(F)(F)F)c9)n8)s7)ccc65)n4)s3)n2)c1. The van der Waals surface area contributed by atoms with Gasteiger partial charge in [-0.2, -0.15) is 26.3 Å². The molecule has 0 saturated carbocycles. The minimum absolute atomic E-state index is 0.336. The number of alkyl halides is 6. The Kier molecular flexibility index (Phi) is 8.58. The summed E-state index contributed by atoms with van der Waals surface area (Å²) in [6, 6.07) is 31.5. The molecule has 0 fully saturated rings. The quantitative estimate of drug-likeness (QED) is 0.121. The van der Waals surface area contributed by atoms with Crippen LogP contribution in [0.2, 0.25) is 0 Å². The summed E-state index contributed by atoms with van der Waals surface area (Å²) in [5, 5.41) is 21.0. The lowest BCUT2D eigenvalue weighted by Crippen LogP contribution is -2.04. The highest BCUT2D eigenvalue weighted by Crippen LogP contribution is 2.36. The highest BCUT2D eigenvalue weighted by Gasteiger charge is 2.31. The lowest BCUT2D eigenvalue weighted by atomic mass is 10.1. The van der Waals surface area contributed by atoms with Gasteiger partial charge in [-0.25, -0.2) is 19.9 Å². The van der Waals surface area contributed by atoms with E-state index in [1.165, 1.54) is 34.8 Å². The van der Waals surface area contributed by atoms with Gasteiger partial charge in [-0.15, -0.1) is 20.4 Å². The molecule has 0 aliphatic carbocycles. The molecule has 6 aromatic heterocycles. The molecule has 3 aromatic carbocycles. The van der Waals surface area contributed by atoms with E-state index in [9.17, 15) is 26.3 Å². The summed E-state index contributed by atoms with van der Waals surface area (Å²) in [5.74, 6) is 0. The van der Waals surface area contributed by atoms with Crippen molar-refractivity contribution in [2.45, 2.75) is 12.4 Å². The second-order valence-electron chi connectivity index (χ2n) is 12.4. The Morgan fingerprint density at radius 2 is 0.714 bits per heavy atom. The van der Waals surface area contributed by atoms with Gasteiger partial charge >= 0.3 is 12.4 Å². The maximum atomic E-state index is 13.3. The molecule has 0 aliphatic heterocycles. The van der Waals surface area contributed by atoms with Gasteiger partial charge in [0.05, 0.1) is 33.5 Å². The van der Waals surface area contributed by atoms with Crippen LogP contribution in [0.5, 0.6) is 0 Å². The standard InChI is InChI=1S/C40H20F6N8S2/c41-39(42,43)23-7-1-5-21(19-23)27-9-3-11-31(47-27)35-51-53-37(55-35)33-15-13-25-26-14-16-34(50-30(26)18-17-29(25)49-33)38-54-52-36(56-38)32-12-4-10-28(48-32)22-6-2-8-24(20-22)40(44,45)46/h1-20H. The molecule has 0 bridgehead atoms. The lowest BCUT2D eigenvalue weighted by Gasteiger charge is -2.09.